The van der Waals surface area contributed by atoms with E-state index < -0.39 is 0 Å². The molecule has 1 aromatic rings. The highest BCUT2D eigenvalue weighted by Gasteiger charge is 2.15. The van der Waals surface area contributed by atoms with E-state index in [-0.39, 0.29) is 0 Å². The van der Waals surface area contributed by atoms with Gasteiger partial charge in [0.05, 0.1) is 0 Å². The second kappa shape index (κ2) is 7.85. The fourth-order valence-electron chi connectivity index (χ4n) is 2.52. The standard InChI is InChI=1S/C15H27N3S/c1-3-9-16-13(2)14-12-17-15(19-14)18-10-7-5-4-6-8-11-18/h12-13,16H,3-11H2,1-2H3. The number of anilines is 1. The van der Waals surface area contributed by atoms with Crippen molar-refractivity contribution in [3.8, 4) is 0 Å². The van der Waals surface area contributed by atoms with Crippen LogP contribution in [0.15, 0.2) is 6.20 Å². The van der Waals surface area contributed by atoms with Crippen LogP contribution in [0.25, 0.3) is 0 Å². The van der Waals surface area contributed by atoms with Crippen LogP contribution in [-0.2, 0) is 0 Å². The Bertz CT molecular complexity index is 356. The molecule has 1 aliphatic heterocycles. The average molecular weight is 281 g/mol. The van der Waals surface area contributed by atoms with Crippen molar-refractivity contribution in [2.45, 2.75) is 58.4 Å². The molecule has 0 amide bonds. The Labute approximate surface area is 121 Å². The average Bonchev–Trinajstić information content (AvgIpc) is 2.85. The second-order valence-electron chi connectivity index (χ2n) is 5.48. The highest BCUT2D eigenvalue weighted by atomic mass is 32.1. The highest BCUT2D eigenvalue weighted by Crippen LogP contribution is 2.28. The van der Waals surface area contributed by atoms with Gasteiger partial charge in [-0.15, -0.1) is 11.3 Å². The van der Waals surface area contributed by atoms with Crippen LogP contribution in [0.5, 0.6) is 0 Å². The third-order valence-corrected chi connectivity index (χ3v) is 5.01. The molecule has 2 heterocycles. The summed E-state index contributed by atoms with van der Waals surface area (Å²) >= 11 is 1.87. The summed E-state index contributed by atoms with van der Waals surface area (Å²) in [6.45, 7) is 7.89. The lowest BCUT2D eigenvalue weighted by molar-refractivity contribution is 0.556. The third kappa shape index (κ3) is 4.46. The number of hydrogen-bond acceptors (Lipinski definition) is 4. The topological polar surface area (TPSA) is 28.2 Å². The lowest BCUT2D eigenvalue weighted by atomic mass is 10.1. The van der Waals surface area contributed by atoms with Crippen molar-refractivity contribution in [2.75, 3.05) is 24.5 Å². The highest BCUT2D eigenvalue weighted by molar-refractivity contribution is 7.15. The van der Waals surface area contributed by atoms with Crippen molar-refractivity contribution in [1.29, 1.82) is 0 Å². The second-order valence-corrected chi connectivity index (χ2v) is 6.52. The van der Waals surface area contributed by atoms with E-state index in [1.165, 1.54) is 61.6 Å². The summed E-state index contributed by atoms with van der Waals surface area (Å²) in [5.74, 6) is 0. The molecule has 0 radical (unpaired) electrons. The van der Waals surface area contributed by atoms with E-state index in [1.807, 2.05) is 11.3 Å². The summed E-state index contributed by atoms with van der Waals surface area (Å²) < 4.78 is 0. The largest absolute Gasteiger partial charge is 0.348 e. The first-order valence-corrected chi connectivity index (χ1v) is 8.57. The number of nitrogens with zero attached hydrogens (tertiary/aromatic N) is 2. The van der Waals surface area contributed by atoms with Crippen LogP contribution in [0.3, 0.4) is 0 Å². The number of thiazole rings is 1. The third-order valence-electron chi connectivity index (χ3n) is 3.77. The molecule has 1 fully saturated rings. The van der Waals surface area contributed by atoms with Gasteiger partial charge in [0.15, 0.2) is 5.13 Å². The maximum atomic E-state index is 4.65. The molecule has 0 saturated carbocycles. The van der Waals surface area contributed by atoms with Crippen LogP contribution in [0.2, 0.25) is 0 Å². The fourth-order valence-corrected chi connectivity index (χ4v) is 3.52. The molecule has 1 unspecified atom stereocenters. The first kappa shape index (κ1) is 14.8. The van der Waals surface area contributed by atoms with Gasteiger partial charge in [-0.05, 0) is 32.7 Å². The van der Waals surface area contributed by atoms with E-state index in [9.17, 15) is 0 Å². The number of nitrogens with one attached hydrogen (secondary N) is 1. The van der Waals surface area contributed by atoms with Gasteiger partial charge in [-0.3, -0.25) is 0 Å². The summed E-state index contributed by atoms with van der Waals surface area (Å²) in [6, 6.07) is 0.431. The Morgan fingerprint density at radius 1 is 1.26 bits per heavy atom. The van der Waals surface area contributed by atoms with Crippen molar-refractivity contribution < 1.29 is 0 Å². The monoisotopic (exact) mass is 281 g/mol. The van der Waals surface area contributed by atoms with E-state index in [4.69, 9.17) is 0 Å². The molecule has 108 valence electrons. The molecule has 0 spiro atoms. The molecule has 3 nitrogen and oxygen atoms in total. The lowest BCUT2D eigenvalue weighted by Gasteiger charge is -2.24. The minimum Gasteiger partial charge on any atom is -0.348 e. The van der Waals surface area contributed by atoms with E-state index in [0.29, 0.717) is 6.04 Å². The molecule has 2 rings (SSSR count). The summed E-state index contributed by atoms with van der Waals surface area (Å²) in [5.41, 5.74) is 0. The molecule has 0 aliphatic carbocycles. The minimum atomic E-state index is 0.431. The lowest BCUT2D eigenvalue weighted by Crippen LogP contribution is -2.26. The Kier molecular flexibility index (Phi) is 6.11. The van der Waals surface area contributed by atoms with Gasteiger partial charge in [-0.2, -0.15) is 0 Å². The van der Waals surface area contributed by atoms with Gasteiger partial charge in [0, 0.05) is 30.2 Å². The molecule has 1 aromatic heterocycles. The zero-order valence-corrected chi connectivity index (χ0v) is 13.1. The molecule has 1 N–H and O–H groups in total. The minimum absolute atomic E-state index is 0.431. The number of rotatable bonds is 5. The maximum absolute atomic E-state index is 4.65. The van der Waals surface area contributed by atoms with Crippen LogP contribution in [-0.4, -0.2) is 24.6 Å². The van der Waals surface area contributed by atoms with Crippen molar-refractivity contribution >= 4 is 16.5 Å². The zero-order valence-electron chi connectivity index (χ0n) is 12.3. The Balaban J connectivity index is 1.94. The van der Waals surface area contributed by atoms with E-state index in [2.05, 4.69) is 35.2 Å². The van der Waals surface area contributed by atoms with Crippen molar-refractivity contribution in [3.63, 3.8) is 0 Å². The van der Waals surface area contributed by atoms with Gasteiger partial charge in [-0.25, -0.2) is 4.98 Å². The van der Waals surface area contributed by atoms with Crippen molar-refractivity contribution in [1.82, 2.24) is 10.3 Å². The smallest absolute Gasteiger partial charge is 0.185 e. The summed E-state index contributed by atoms with van der Waals surface area (Å²) in [6.07, 6.45) is 10.0. The Hall–Kier alpha value is -0.610. The van der Waals surface area contributed by atoms with Gasteiger partial charge in [0.2, 0.25) is 0 Å². The van der Waals surface area contributed by atoms with Crippen molar-refractivity contribution in [3.05, 3.63) is 11.1 Å². The quantitative estimate of drug-likeness (QED) is 0.885. The van der Waals surface area contributed by atoms with Crippen LogP contribution >= 0.6 is 11.3 Å². The summed E-state index contributed by atoms with van der Waals surface area (Å²) in [4.78, 5) is 8.50. The Morgan fingerprint density at radius 3 is 2.63 bits per heavy atom. The first-order chi connectivity index (χ1) is 9.31. The molecular weight excluding hydrogens is 254 g/mol. The molecule has 0 bridgehead atoms. The van der Waals surface area contributed by atoms with Crippen LogP contribution < -0.4 is 10.2 Å². The molecule has 1 atom stereocenters. The van der Waals surface area contributed by atoms with Gasteiger partial charge >= 0.3 is 0 Å². The predicted molar refractivity (Wildman–Crippen MR) is 84.1 cm³/mol. The molecule has 1 aliphatic rings. The van der Waals surface area contributed by atoms with E-state index >= 15 is 0 Å². The molecule has 0 aromatic carbocycles. The maximum Gasteiger partial charge on any atom is 0.185 e. The fraction of sp³-hybridized carbons (Fsp3) is 0.800. The molecule has 4 heteroatoms. The molecule has 1 saturated heterocycles. The molecule has 19 heavy (non-hydrogen) atoms. The van der Waals surface area contributed by atoms with Crippen molar-refractivity contribution in [2.24, 2.45) is 0 Å². The zero-order chi connectivity index (χ0) is 13.5. The predicted octanol–water partition coefficient (Wildman–Crippen LogP) is 3.97. The first-order valence-electron chi connectivity index (χ1n) is 7.75. The number of hydrogen-bond donors (Lipinski definition) is 1. The SMILES string of the molecule is CCCNC(C)c1cnc(N2CCCCCCC2)s1. The van der Waals surface area contributed by atoms with E-state index in [1.54, 1.807) is 0 Å². The Morgan fingerprint density at radius 2 is 1.95 bits per heavy atom. The normalized spacial score (nSPS) is 18.9. The van der Waals surface area contributed by atoms with Gasteiger partial charge in [-0.1, -0.05) is 26.2 Å². The number of aromatic nitrogens is 1. The van der Waals surface area contributed by atoms with E-state index in [0.717, 1.165) is 6.54 Å². The van der Waals surface area contributed by atoms with Gasteiger partial charge in [0.25, 0.3) is 0 Å². The summed E-state index contributed by atoms with van der Waals surface area (Å²) in [5, 5.41) is 4.76. The van der Waals surface area contributed by atoms with Crippen LogP contribution in [0, 0.1) is 0 Å². The van der Waals surface area contributed by atoms with Crippen LogP contribution in [0.1, 0.15) is 63.3 Å². The van der Waals surface area contributed by atoms with Gasteiger partial charge in [0.1, 0.15) is 0 Å². The molecular formula is C15H27N3S. The van der Waals surface area contributed by atoms with Gasteiger partial charge < -0.3 is 10.2 Å². The summed E-state index contributed by atoms with van der Waals surface area (Å²) in [7, 11) is 0. The van der Waals surface area contributed by atoms with Crippen LogP contribution in [0.4, 0.5) is 5.13 Å².